The van der Waals surface area contributed by atoms with Crippen molar-refractivity contribution in [3.8, 4) is 0 Å². The molecule has 0 radical (unpaired) electrons. The highest BCUT2D eigenvalue weighted by molar-refractivity contribution is 5.76. The van der Waals surface area contributed by atoms with Gasteiger partial charge in [0.25, 0.3) is 0 Å². The van der Waals surface area contributed by atoms with E-state index in [0.29, 0.717) is 31.0 Å². The van der Waals surface area contributed by atoms with Crippen LogP contribution in [0.1, 0.15) is 18.7 Å². The molecule has 24 heavy (non-hydrogen) atoms. The Balaban J connectivity index is 1.42. The molecular weight excluding hydrogens is 309 g/mol. The second-order valence-electron chi connectivity index (χ2n) is 6.21. The number of carbonyl (C=O) groups excluding carboxylic acids is 1. The summed E-state index contributed by atoms with van der Waals surface area (Å²) in [7, 11) is 1.86. The van der Waals surface area contributed by atoms with Gasteiger partial charge in [-0.1, -0.05) is 12.1 Å². The molecule has 0 bridgehead atoms. The highest BCUT2D eigenvalue weighted by Crippen LogP contribution is 2.25. The Labute approximate surface area is 140 Å². The largest absolute Gasteiger partial charge is 0.369 e. The van der Waals surface area contributed by atoms with E-state index < -0.39 is 0 Å². The van der Waals surface area contributed by atoms with E-state index in [1.807, 2.05) is 22.6 Å². The van der Waals surface area contributed by atoms with E-state index >= 15 is 0 Å². The molecular formula is C17H22FN5O. The van der Waals surface area contributed by atoms with Crippen molar-refractivity contribution in [2.24, 2.45) is 13.0 Å². The number of nitrogens with one attached hydrogen (secondary N) is 1. The maximum atomic E-state index is 13.8. The van der Waals surface area contributed by atoms with Crippen molar-refractivity contribution in [1.82, 2.24) is 20.1 Å². The van der Waals surface area contributed by atoms with E-state index in [1.165, 1.54) is 6.07 Å². The first-order valence-electron chi connectivity index (χ1n) is 8.22. The van der Waals surface area contributed by atoms with Crippen LogP contribution in [0.4, 0.5) is 10.1 Å². The zero-order valence-corrected chi connectivity index (χ0v) is 13.8. The summed E-state index contributed by atoms with van der Waals surface area (Å²) < 4.78 is 15.6. The third-order valence-corrected chi connectivity index (χ3v) is 4.45. The number of hydrogen-bond acceptors (Lipinski definition) is 4. The van der Waals surface area contributed by atoms with Gasteiger partial charge in [-0.2, -0.15) is 0 Å². The zero-order chi connectivity index (χ0) is 16.9. The Morgan fingerprint density at radius 2 is 2.25 bits per heavy atom. The molecule has 0 unspecified atom stereocenters. The van der Waals surface area contributed by atoms with Crippen LogP contribution in [-0.4, -0.2) is 40.3 Å². The van der Waals surface area contributed by atoms with Gasteiger partial charge in [0.2, 0.25) is 5.91 Å². The molecule has 2 aromatic rings. The molecule has 6 nitrogen and oxygen atoms in total. The van der Waals surface area contributed by atoms with Gasteiger partial charge < -0.3 is 14.8 Å². The molecule has 1 saturated heterocycles. The number of para-hydroxylation sites is 1. The van der Waals surface area contributed by atoms with E-state index in [9.17, 15) is 9.18 Å². The summed E-state index contributed by atoms with van der Waals surface area (Å²) in [5.41, 5.74) is 0.647. The van der Waals surface area contributed by atoms with Crippen molar-refractivity contribution < 1.29 is 9.18 Å². The molecule has 0 saturated carbocycles. The van der Waals surface area contributed by atoms with Gasteiger partial charge in [-0.05, 0) is 24.5 Å². The second-order valence-corrected chi connectivity index (χ2v) is 6.21. The van der Waals surface area contributed by atoms with Gasteiger partial charge in [-0.25, -0.2) is 4.39 Å². The van der Waals surface area contributed by atoms with Crippen LogP contribution in [0.3, 0.4) is 0 Å². The normalized spacial score (nSPS) is 17.2. The lowest BCUT2D eigenvalue weighted by Crippen LogP contribution is -2.31. The molecule has 7 heteroatoms. The van der Waals surface area contributed by atoms with Crippen molar-refractivity contribution in [2.45, 2.75) is 19.3 Å². The molecule has 1 fully saturated rings. The zero-order valence-electron chi connectivity index (χ0n) is 13.8. The first-order valence-corrected chi connectivity index (χ1v) is 8.22. The van der Waals surface area contributed by atoms with Crippen LogP contribution in [-0.2, 0) is 18.3 Å². The fourth-order valence-corrected chi connectivity index (χ4v) is 3.03. The molecule has 1 aromatic heterocycles. The lowest BCUT2D eigenvalue weighted by molar-refractivity contribution is -0.121. The number of aryl methyl sites for hydroxylation is 2. The van der Waals surface area contributed by atoms with E-state index in [4.69, 9.17) is 0 Å². The minimum Gasteiger partial charge on any atom is -0.369 e. The summed E-state index contributed by atoms with van der Waals surface area (Å²) in [6, 6.07) is 6.83. The molecule has 3 rings (SSSR count). The van der Waals surface area contributed by atoms with Crippen molar-refractivity contribution in [2.75, 3.05) is 24.5 Å². The van der Waals surface area contributed by atoms with Gasteiger partial charge in [0.15, 0.2) is 0 Å². The predicted molar refractivity (Wildman–Crippen MR) is 89.1 cm³/mol. The number of halogens is 1. The SMILES string of the molecule is Cn1cnnc1CCC(=O)NC[C@H]1CCN(c2ccccc2F)C1. The van der Waals surface area contributed by atoms with E-state index in [2.05, 4.69) is 15.5 Å². The highest BCUT2D eigenvalue weighted by Gasteiger charge is 2.24. The standard InChI is InChI=1S/C17H22FN5O/c1-22-12-20-21-16(22)6-7-17(24)19-10-13-8-9-23(11-13)15-5-3-2-4-14(15)18/h2-5,12-13H,6-11H2,1H3,(H,19,24)/t13-/m1/s1. The maximum Gasteiger partial charge on any atom is 0.220 e. The number of amides is 1. The van der Waals surface area contributed by atoms with Crippen molar-refractivity contribution in [3.05, 3.63) is 42.2 Å². The molecule has 1 aromatic carbocycles. The molecule has 1 aliphatic heterocycles. The summed E-state index contributed by atoms with van der Waals surface area (Å²) in [6.07, 6.45) is 3.56. The summed E-state index contributed by atoms with van der Waals surface area (Å²) >= 11 is 0. The Hall–Kier alpha value is -2.44. The van der Waals surface area contributed by atoms with Crippen LogP contribution >= 0.6 is 0 Å². The van der Waals surface area contributed by atoms with E-state index in [1.54, 1.807) is 18.5 Å². The first-order chi connectivity index (χ1) is 11.6. The molecule has 0 aliphatic carbocycles. The third kappa shape index (κ3) is 3.90. The molecule has 1 N–H and O–H groups in total. The lowest BCUT2D eigenvalue weighted by atomic mass is 10.1. The molecule has 1 amide bonds. The fourth-order valence-electron chi connectivity index (χ4n) is 3.03. The van der Waals surface area contributed by atoms with Gasteiger partial charge in [0.1, 0.15) is 18.0 Å². The smallest absolute Gasteiger partial charge is 0.220 e. The van der Waals surface area contributed by atoms with Crippen LogP contribution in [0.15, 0.2) is 30.6 Å². The molecule has 1 atom stereocenters. The van der Waals surface area contributed by atoms with Crippen molar-refractivity contribution in [1.29, 1.82) is 0 Å². The number of rotatable bonds is 6. The third-order valence-electron chi connectivity index (χ3n) is 4.45. The average molecular weight is 331 g/mol. The van der Waals surface area contributed by atoms with Crippen LogP contribution in [0.2, 0.25) is 0 Å². The molecule has 2 heterocycles. The van der Waals surface area contributed by atoms with Gasteiger partial charge >= 0.3 is 0 Å². The van der Waals surface area contributed by atoms with Crippen molar-refractivity contribution in [3.63, 3.8) is 0 Å². The van der Waals surface area contributed by atoms with Crippen molar-refractivity contribution >= 4 is 11.6 Å². The summed E-state index contributed by atoms with van der Waals surface area (Å²) in [6.45, 7) is 2.22. The molecule has 1 aliphatic rings. The minimum atomic E-state index is -0.189. The summed E-state index contributed by atoms with van der Waals surface area (Å²) in [5.74, 6) is 0.980. The fraction of sp³-hybridized carbons (Fsp3) is 0.471. The molecule has 128 valence electrons. The predicted octanol–water partition coefficient (Wildman–Crippen LogP) is 1.53. The second kappa shape index (κ2) is 7.42. The van der Waals surface area contributed by atoms with E-state index in [0.717, 1.165) is 25.3 Å². The van der Waals surface area contributed by atoms with Crippen LogP contribution in [0.25, 0.3) is 0 Å². The van der Waals surface area contributed by atoms with Crippen LogP contribution in [0, 0.1) is 11.7 Å². The number of hydrogen-bond donors (Lipinski definition) is 1. The number of benzene rings is 1. The van der Waals surface area contributed by atoms with Gasteiger partial charge in [0.05, 0.1) is 5.69 Å². The Kier molecular flexibility index (Phi) is 5.08. The monoisotopic (exact) mass is 331 g/mol. The van der Waals surface area contributed by atoms with Gasteiger partial charge in [-0.3, -0.25) is 4.79 Å². The number of aromatic nitrogens is 3. The summed E-state index contributed by atoms with van der Waals surface area (Å²) in [4.78, 5) is 14.0. The van der Waals surface area contributed by atoms with Gasteiger partial charge in [-0.15, -0.1) is 10.2 Å². The number of anilines is 1. The number of nitrogens with zero attached hydrogens (tertiary/aromatic N) is 4. The van der Waals surface area contributed by atoms with Crippen LogP contribution < -0.4 is 10.2 Å². The average Bonchev–Trinajstić information content (AvgIpc) is 3.20. The minimum absolute atomic E-state index is 0.0161. The lowest BCUT2D eigenvalue weighted by Gasteiger charge is -2.19. The Bertz CT molecular complexity index is 702. The Morgan fingerprint density at radius 1 is 1.42 bits per heavy atom. The Morgan fingerprint density at radius 3 is 3.00 bits per heavy atom. The van der Waals surface area contributed by atoms with Gasteiger partial charge in [0, 0.05) is 39.5 Å². The number of carbonyl (C=O) groups is 1. The first kappa shape index (κ1) is 16.4. The highest BCUT2D eigenvalue weighted by atomic mass is 19.1. The maximum absolute atomic E-state index is 13.8. The molecule has 0 spiro atoms. The van der Waals surface area contributed by atoms with E-state index in [-0.39, 0.29) is 11.7 Å². The quantitative estimate of drug-likeness (QED) is 0.872. The topological polar surface area (TPSA) is 63.1 Å². The van der Waals surface area contributed by atoms with Crippen LogP contribution in [0.5, 0.6) is 0 Å². The summed E-state index contributed by atoms with van der Waals surface area (Å²) in [5, 5.41) is 10.7.